The third-order valence-electron chi connectivity index (χ3n) is 5.13. The molecule has 2 aromatic rings. The first kappa shape index (κ1) is 21.7. The normalized spacial score (nSPS) is 17.0. The molecule has 6 heteroatoms. The summed E-state index contributed by atoms with van der Waals surface area (Å²) in [5.74, 6) is -2.58. The summed E-state index contributed by atoms with van der Waals surface area (Å²) in [6.07, 6.45) is -0.249. The second-order valence-electron chi connectivity index (χ2n) is 7.88. The van der Waals surface area contributed by atoms with E-state index in [0.29, 0.717) is 16.8 Å². The molecule has 1 atom stereocenters. The van der Waals surface area contributed by atoms with Gasteiger partial charge in [-0.2, -0.15) is 0 Å². The summed E-state index contributed by atoms with van der Waals surface area (Å²) in [7, 11) is 0. The standard InChI is InChI=1S/C24H25F2NO3/c1-14(2)30-24(29)23-16(4)27(13-17-9-19(25)11-20(26)10-17)22(28)12-21(23)18-7-5-15(3)6-8-18/h5-11,14,21H,12-13H2,1-4H3/t21-/m0/s1. The number of carbonyl (C=O) groups is 2. The molecule has 1 aliphatic rings. The van der Waals surface area contributed by atoms with E-state index in [2.05, 4.69) is 0 Å². The molecule has 0 fully saturated rings. The van der Waals surface area contributed by atoms with E-state index in [4.69, 9.17) is 4.74 Å². The molecule has 30 heavy (non-hydrogen) atoms. The topological polar surface area (TPSA) is 46.6 Å². The molecule has 4 nitrogen and oxygen atoms in total. The molecule has 0 aliphatic carbocycles. The summed E-state index contributed by atoms with van der Waals surface area (Å²) in [4.78, 5) is 27.3. The Labute approximate surface area is 175 Å². The van der Waals surface area contributed by atoms with E-state index in [-0.39, 0.29) is 25.0 Å². The lowest BCUT2D eigenvalue weighted by atomic mass is 9.83. The van der Waals surface area contributed by atoms with Gasteiger partial charge in [0.05, 0.1) is 18.2 Å². The largest absolute Gasteiger partial charge is 0.460 e. The summed E-state index contributed by atoms with van der Waals surface area (Å²) < 4.78 is 32.7. The Bertz CT molecular complexity index is 976. The molecule has 1 heterocycles. The van der Waals surface area contributed by atoms with Crippen LogP contribution in [0.2, 0.25) is 0 Å². The van der Waals surface area contributed by atoms with Crippen LogP contribution in [-0.4, -0.2) is 22.9 Å². The smallest absolute Gasteiger partial charge is 0.336 e. The van der Waals surface area contributed by atoms with Gasteiger partial charge in [-0.3, -0.25) is 4.79 Å². The van der Waals surface area contributed by atoms with Crippen molar-refractivity contribution >= 4 is 11.9 Å². The summed E-state index contributed by atoms with van der Waals surface area (Å²) >= 11 is 0. The van der Waals surface area contributed by atoms with Crippen molar-refractivity contribution in [3.63, 3.8) is 0 Å². The van der Waals surface area contributed by atoms with Crippen molar-refractivity contribution in [3.05, 3.63) is 82.1 Å². The molecule has 0 aromatic heterocycles. The first-order chi connectivity index (χ1) is 14.2. The number of halogens is 2. The Hall–Kier alpha value is -3.02. The van der Waals surface area contributed by atoms with Crippen LogP contribution in [0.4, 0.5) is 8.78 Å². The number of nitrogens with zero attached hydrogens (tertiary/aromatic N) is 1. The lowest BCUT2D eigenvalue weighted by molar-refractivity contribution is -0.143. The first-order valence-corrected chi connectivity index (χ1v) is 9.89. The lowest BCUT2D eigenvalue weighted by Crippen LogP contribution is -2.38. The van der Waals surface area contributed by atoms with E-state index in [1.54, 1.807) is 20.8 Å². The molecule has 0 unspecified atom stereocenters. The minimum atomic E-state index is -0.715. The maximum absolute atomic E-state index is 13.6. The van der Waals surface area contributed by atoms with Crippen molar-refractivity contribution in [2.75, 3.05) is 0 Å². The maximum atomic E-state index is 13.6. The van der Waals surface area contributed by atoms with Crippen molar-refractivity contribution in [1.29, 1.82) is 0 Å². The fourth-order valence-electron chi connectivity index (χ4n) is 3.71. The van der Waals surface area contributed by atoms with Gasteiger partial charge in [0.1, 0.15) is 11.6 Å². The van der Waals surface area contributed by atoms with E-state index in [9.17, 15) is 18.4 Å². The Morgan fingerprint density at radius 3 is 2.27 bits per heavy atom. The van der Waals surface area contributed by atoms with Gasteiger partial charge in [-0.25, -0.2) is 13.6 Å². The van der Waals surface area contributed by atoms with Crippen LogP contribution >= 0.6 is 0 Å². The van der Waals surface area contributed by atoms with Crippen LogP contribution in [-0.2, 0) is 20.9 Å². The van der Waals surface area contributed by atoms with Gasteiger partial charge in [-0.15, -0.1) is 0 Å². The number of hydrogen-bond acceptors (Lipinski definition) is 3. The summed E-state index contributed by atoms with van der Waals surface area (Å²) in [5.41, 5.74) is 3.06. The van der Waals surface area contributed by atoms with Crippen molar-refractivity contribution < 1.29 is 23.1 Å². The highest BCUT2D eigenvalue weighted by Crippen LogP contribution is 2.38. The van der Waals surface area contributed by atoms with Crippen LogP contribution < -0.4 is 0 Å². The van der Waals surface area contributed by atoms with E-state index in [1.165, 1.54) is 17.0 Å². The number of esters is 1. The van der Waals surface area contributed by atoms with Gasteiger partial charge in [0.15, 0.2) is 0 Å². The zero-order chi connectivity index (χ0) is 22.0. The van der Waals surface area contributed by atoms with Crippen molar-refractivity contribution in [3.8, 4) is 0 Å². The molecule has 3 rings (SSSR count). The van der Waals surface area contributed by atoms with E-state index in [0.717, 1.165) is 17.2 Å². The summed E-state index contributed by atoms with van der Waals surface area (Å²) in [6.45, 7) is 7.12. The third-order valence-corrected chi connectivity index (χ3v) is 5.13. The molecule has 0 saturated carbocycles. The number of benzene rings is 2. The number of carbonyl (C=O) groups excluding carboxylic acids is 2. The molecular formula is C24H25F2NO3. The molecule has 1 aliphatic heterocycles. The van der Waals surface area contributed by atoms with Gasteiger partial charge in [0.25, 0.3) is 0 Å². The van der Waals surface area contributed by atoms with Crippen LogP contribution in [0.1, 0.15) is 49.8 Å². The fraction of sp³-hybridized carbons (Fsp3) is 0.333. The molecule has 0 radical (unpaired) electrons. The number of allylic oxidation sites excluding steroid dienone is 1. The van der Waals surface area contributed by atoms with Gasteiger partial charge in [-0.05, 0) is 51.0 Å². The number of hydrogen-bond donors (Lipinski definition) is 0. The zero-order valence-electron chi connectivity index (χ0n) is 17.5. The Balaban J connectivity index is 2.04. The van der Waals surface area contributed by atoms with Crippen molar-refractivity contribution in [2.45, 2.75) is 52.7 Å². The molecule has 1 amide bonds. The number of rotatable bonds is 5. The van der Waals surface area contributed by atoms with Gasteiger partial charge in [0, 0.05) is 24.1 Å². The monoisotopic (exact) mass is 413 g/mol. The summed E-state index contributed by atoms with van der Waals surface area (Å²) in [5, 5.41) is 0. The molecule has 0 N–H and O–H groups in total. The van der Waals surface area contributed by atoms with E-state index in [1.807, 2.05) is 31.2 Å². The molecule has 158 valence electrons. The second kappa shape index (κ2) is 8.78. The Kier molecular flexibility index (Phi) is 6.34. The van der Waals surface area contributed by atoms with Crippen LogP contribution in [0, 0.1) is 18.6 Å². The predicted octanol–water partition coefficient (Wildman–Crippen LogP) is 5.01. The number of aryl methyl sites for hydroxylation is 1. The minimum absolute atomic E-state index is 0.0293. The minimum Gasteiger partial charge on any atom is -0.460 e. The lowest BCUT2D eigenvalue weighted by Gasteiger charge is -2.35. The van der Waals surface area contributed by atoms with Crippen LogP contribution in [0.15, 0.2) is 53.7 Å². The average molecular weight is 413 g/mol. The molecule has 0 saturated heterocycles. The molecule has 0 bridgehead atoms. The van der Waals surface area contributed by atoms with Gasteiger partial charge < -0.3 is 9.64 Å². The van der Waals surface area contributed by atoms with Gasteiger partial charge in [0.2, 0.25) is 5.91 Å². The van der Waals surface area contributed by atoms with Crippen LogP contribution in [0.3, 0.4) is 0 Å². The van der Waals surface area contributed by atoms with Crippen molar-refractivity contribution in [2.24, 2.45) is 0 Å². The van der Waals surface area contributed by atoms with Gasteiger partial charge >= 0.3 is 5.97 Å². The molecular weight excluding hydrogens is 388 g/mol. The Morgan fingerprint density at radius 1 is 1.10 bits per heavy atom. The first-order valence-electron chi connectivity index (χ1n) is 9.89. The third kappa shape index (κ3) is 4.75. The average Bonchev–Trinajstić information content (AvgIpc) is 2.64. The highest BCUT2D eigenvalue weighted by atomic mass is 19.1. The SMILES string of the molecule is CC1=C(C(=O)OC(C)C)[C@H](c2ccc(C)cc2)CC(=O)N1Cc1cc(F)cc(F)c1. The zero-order valence-corrected chi connectivity index (χ0v) is 17.5. The van der Waals surface area contributed by atoms with Crippen LogP contribution in [0.25, 0.3) is 0 Å². The number of ether oxygens (including phenoxy) is 1. The van der Waals surface area contributed by atoms with Crippen LogP contribution in [0.5, 0.6) is 0 Å². The van der Waals surface area contributed by atoms with Gasteiger partial charge in [-0.1, -0.05) is 29.8 Å². The fourth-order valence-corrected chi connectivity index (χ4v) is 3.71. The van der Waals surface area contributed by atoms with Crippen molar-refractivity contribution in [1.82, 2.24) is 4.90 Å². The highest BCUT2D eigenvalue weighted by Gasteiger charge is 2.37. The maximum Gasteiger partial charge on any atom is 0.336 e. The van der Waals surface area contributed by atoms with E-state index >= 15 is 0 Å². The molecule has 2 aromatic carbocycles. The Morgan fingerprint density at radius 2 is 1.70 bits per heavy atom. The highest BCUT2D eigenvalue weighted by molar-refractivity contribution is 5.96. The molecule has 0 spiro atoms. The predicted molar refractivity (Wildman–Crippen MR) is 109 cm³/mol. The quantitative estimate of drug-likeness (QED) is 0.647. The number of amides is 1. The van der Waals surface area contributed by atoms with E-state index < -0.39 is 23.5 Å². The second-order valence-corrected chi connectivity index (χ2v) is 7.88. The summed E-state index contributed by atoms with van der Waals surface area (Å²) in [6, 6.07) is 10.8.